The van der Waals surface area contributed by atoms with Gasteiger partial charge in [-0.15, -0.1) is 0 Å². The summed E-state index contributed by atoms with van der Waals surface area (Å²) in [6.45, 7) is 3.52. The summed E-state index contributed by atoms with van der Waals surface area (Å²) in [6, 6.07) is 4.98. The van der Waals surface area contributed by atoms with Crippen LogP contribution in [0.5, 0.6) is 0 Å². The van der Waals surface area contributed by atoms with Crippen molar-refractivity contribution in [2.45, 2.75) is 6.92 Å². The highest BCUT2D eigenvalue weighted by atomic mass is 35.5. The summed E-state index contributed by atoms with van der Waals surface area (Å²) in [4.78, 5) is 43.1. The van der Waals surface area contributed by atoms with Gasteiger partial charge in [-0.05, 0) is 19.1 Å². The highest BCUT2D eigenvalue weighted by Crippen LogP contribution is 2.19. The number of carbonyl (C=O) groups excluding carboxylic acids is 2. The van der Waals surface area contributed by atoms with Crippen LogP contribution in [0.1, 0.15) is 17.3 Å². The Balaban J connectivity index is 1.79. The SMILES string of the molecule is CCOC(=O)N1CCN(C(=O)c2c[nH]c3c(Cl)cccc3c2=O)CC1. The second-order valence-corrected chi connectivity index (χ2v) is 6.08. The molecule has 1 aliphatic heterocycles. The molecule has 2 heterocycles. The average Bonchev–Trinajstić information content (AvgIpc) is 2.62. The van der Waals surface area contributed by atoms with Crippen molar-refractivity contribution in [3.63, 3.8) is 0 Å². The molecule has 2 aromatic rings. The first-order chi connectivity index (χ1) is 12.0. The first-order valence-corrected chi connectivity index (χ1v) is 8.41. The van der Waals surface area contributed by atoms with Crippen LogP contribution in [0.25, 0.3) is 10.9 Å². The van der Waals surface area contributed by atoms with Crippen LogP contribution in [0.3, 0.4) is 0 Å². The van der Waals surface area contributed by atoms with E-state index in [1.807, 2.05) is 0 Å². The number of ether oxygens (including phenoxy) is 1. The molecule has 3 rings (SSSR count). The van der Waals surface area contributed by atoms with E-state index in [2.05, 4.69) is 4.98 Å². The van der Waals surface area contributed by atoms with Crippen molar-refractivity contribution < 1.29 is 14.3 Å². The molecule has 0 radical (unpaired) electrons. The summed E-state index contributed by atoms with van der Waals surface area (Å²) in [5, 5.41) is 0.806. The van der Waals surface area contributed by atoms with E-state index in [9.17, 15) is 14.4 Å². The predicted octanol–water partition coefficient (Wildman–Crippen LogP) is 2.10. The Morgan fingerprint density at radius 1 is 1.20 bits per heavy atom. The molecule has 1 aromatic carbocycles. The molecule has 1 saturated heterocycles. The zero-order valence-corrected chi connectivity index (χ0v) is 14.5. The maximum Gasteiger partial charge on any atom is 0.409 e. The van der Waals surface area contributed by atoms with Crippen molar-refractivity contribution in [2.24, 2.45) is 0 Å². The number of nitrogens with one attached hydrogen (secondary N) is 1. The molecular formula is C17H18ClN3O4. The molecule has 1 aromatic heterocycles. The van der Waals surface area contributed by atoms with Crippen LogP contribution < -0.4 is 5.43 Å². The smallest absolute Gasteiger partial charge is 0.409 e. The second-order valence-electron chi connectivity index (χ2n) is 5.67. The quantitative estimate of drug-likeness (QED) is 0.885. The number of amides is 2. The Bertz CT molecular complexity index is 872. The highest BCUT2D eigenvalue weighted by Gasteiger charge is 2.27. The Hall–Kier alpha value is -2.54. The summed E-state index contributed by atoms with van der Waals surface area (Å²) >= 11 is 6.07. The number of rotatable bonds is 2. The number of fused-ring (bicyclic) bond motifs is 1. The number of aromatic nitrogens is 1. The number of hydrogen-bond acceptors (Lipinski definition) is 4. The first kappa shape index (κ1) is 17.3. The number of pyridine rings is 1. The molecule has 1 N–H and O–H groups in total. The van der Waals surface area contributed by atoms with Gasteiger partial charge < -0.3 is 19.5 Å². The molecule has 7 nitrogen and oxygen atoms in total. The van der Waals surface area contributed by atoms with Gasteiger partial charge in [0.15, 0.2) is 0 Å². The fourth-order valence-corrected chi connectivity index (χ4v) is 3.08. The molecule has 132 valence electrons. The van der Waals surface area contributed by atoms with Crippen molar-refractivity contribution in [3.8, 4) is 0 Å². The number of halogens is 1. The number of H-pyrrole nitrogens is 1. The monoisotopic (exact) mass is 363 g/mol. The van der Waals surface area contributed by atoms with Crippen LogP contribution in [-0.2, 0) is 4.74 Å². The van der Waals surface area contributed by atoms with Gasteiger partial charge in [-0.3, -0.25) is 9.59 Å². The molecule has 1 aliphatic rings. The number of aromatic amines is 1. The molecule has 25 heavy (non-hydrogen) atoms. The lowest BCUT2D eigenvalue weighted by atomic mass is 10.1. The summed E-state index contributed by atoms with van der Waals surface area (Å²) in [5.41, 5.74) is 0.228. The van der Waals surface area contributed by atoms with Gasteiger partial charge in [0.25, 0.3) is 5.91 Å². The van der Waals surface area contributed by atoms with Crippen molar-refractivity contribution in [2.75, 3.05) is 32.8 Å². The molecule has 0 unspecified atom stereocenters. The molecule has 2 amide bonds. The molecule has 0 aliphatic carbocycles. The average molecular weight is 364 g/mol. The lowest BCUT2D eigenvalue weighted by Gasteiger charge is -2.33. The van der Waals surface area contributed by atoms with Crippen molar-refractivity contribution in [1.29, 1.82) is 0 Å². The molecule has 0 atom stereocenters. The van der Waals surface area contributed by atoms with Crippen LogP contribution in [0.2, 0.25) is 5.02 Å². The van der Waals surface area contributed by atoms with Crippen molar-refractivity contribution >= 4 is 34.5 Å². The number of hydrogen-bond donors (Lipinski definition) is 1. The lowest BCUT2D eigenvalue weighted by Crippen LogP contribution is -2.51. The number of piperazine rings is 1. The van der Waals surface area contributed by atoms with Gasteiger partial charge in [0.05, 0.1) is 17.1 Å². The molecule has 0 bridgehead atoms. The van der Waals surface area contributed by atoms with E-state index in [1.165, 1.54) is 6.20 Å². The summed E-state index contributed by atoms with van der Waals surface area (Å²) in [6.07, 6.45) is 1.02. The van der Waals surface area contributed by atoms with E-state index in [-0.39, 0.29) is 23.0 Å². The Labute approximate surface area is 149 Å². The molecule has 0 spiro atoms. The van der Waals surface area contributed by atoms with E-state index in [1.54, 1.807) is 34.9 Å². The third-order valence-corrected chi connectivity index (χ3v) is 4.50. The summed E-state index contributed by atoms with van der Waals surface area (Å²) in [5.74, 6) is -0.355. The molecule has 8 heteroatoms. The van der Waals surface area contributed by atoms with E-state index < -0.39 is 0 Å². The fourth-order valence-electron chi connectivity index (χ4n) is 2.85. The number of nitrogens with zero attached hydrogens (tertiary/aromatic N) is 2. The van der Waals surface area contributed by atoms with Gasteiger partial charge in [-0.1, -0.05) is 17.7 Å². The fraction of sp³-hybridized carbons (Fsp3) is 0.353. The summed E-state index contributed by atoms with van der Waals surface area (Å²) in [7, 11) is 0. The third kappa shape index (κ3) is 3.32. The van der Waals surface area contributed by atoms with Crippen LogP contribution in [-0.4, -0.2) is 59.6 Å². The minimum absolute atomic E-state index is 0.0688. The predicted molar refractivity (Wildman–Crippen MR) is 94.1 cm³/mol. The van der Waals surface area contributed by atoms with Crippen LogP contribution in [0.4, 0.5) is 4.79 Å². The minimum Gasteiger partial charge on any atom is -0.450 e. The minimum atomic E-state index is -0.382. The summed E-state index contributed by atoms with van der Waals surface area (Å²) < 4.78 is 4.96. The van der Waals surface area contributed by atoms with Gasteiger partial charge in [0.2, 0.25) is 5.43 Å². The van der Waals surface area contributed by atoms with Gasteiger partial charge in [-0.2, -0.15) is 0 Å². The molecular weight excluding hydrogens is 346 g/mol. The van der Waals surface area contributed by atoms with Crippen LogP contribution in [0, 0.1) is 0 Å². The van der Waals surface area contributed by atoms with Gasteiger partial charge in [-0.25, -0.2) is 4.79 Å². The Kier molecular flexibility index (Phi) is 4.94. The zero-order valence-electron chi connectivity index (χ0n) is 13.8. The van der Waals surface area contributed by atoms with E-state index in [0.29, 0.717) is 48.7 Å². The van der Waals surface area contributed by atoms with E-state index >= 15 is 0 Å². The number of benzene rings is 1. The Morgan fingerprint density at radius 2 is 1.88 bits per heavy atom. The topological polar surface area (TPSA) is 82.7 Å². The van der Waals surface area contributed by atoms with Gasteiger partial charge in [0.1, 0.15) is 5.56 Å². The van der Waals surface area contributed by atoms with Crippen LogP contribution >= 0.6 is 11.6 Å². The van der Waals surface area contributed by atoms with Gasteiger partial charge in [0, 0.05) is 37.8 Å². The standard InChI is InChI=1S/C17H18ClN3O4/c1-2-25-17(24)21-8-6-20(7-9-21)16(23)12-10-19-14-11(15(12)22)4-3-5-13(14)18/h3-5,10H,2,6-9H2,1H3,(H,19,22). The highest BCUT2D eigenvalue weighted by molar-refractivity contribution is 6.35. The lowest BCUT2D eigenvalue weighted by molar-refractivity contribution is 0.0569. The van der Waals surface area contributed by atoms with E-state index in [0.717, 1.165) is 0 Å². The van der Waals surface area contributed by atoms with Crippen molar-refractivity contribution in [1.82, 2.24) is 14.8 Å². The Morgan fingerprint density at radius 3 is 2.56 bits per heavy atom. The zero-order chi connectivity index (χ0) is 18.0. The van der Waals surface area contributed by atoms with Crippen molar-refractivity contribution in [3.05, 3.63) is 45.2 Å². The second kappa shape index (κ2) is 7.14. The van der Waals surface area contributed by atoms with Crippen LogP contribution in [0.15, 0.2) is 29.2 Å². The normalized spacial score (nSPS) is 14.6. The largest absolute Gasteiger partial charge is 0.450 e. The molecule has 1 fully saturated rings. The van der Waals surface area contributed by atoms with Gasteiger partial charge >= 0.3 is 6.09 Å². The van der Waals surface area contributed by atoms with E-state index in [4.69, 9.17) is 16.3 Å². The first-order valence-electron chi connectivity index (χ1n) is 8.03. The molecule has 0 saturated carbocycles. The number of para-hydroxylation sites is 1. The number of carbonyl (C=O) groups is 2. The maximum atomic E-state index is 12.7. The third-order valence-electron chi connectivity index (χ3n) is 4.19. The maximum absolute atomic E-state index is 12.7.